The summed E-state index contributed by atoms with van der Waals surface area (Å²) in [6.45, 7) is -1.05. The lowest BCUT2D eigenvalue weighted by Gasteiger charge is -2.28. The van der Waals surface area contributed by atoms with Crippen molar-refractivity contribution in [2.45, 2.75) is 12.7 Å². The monoisotopic (exact) mass is 286 g/mol. The lowest BCUT2D eigenvalue weighted by Crippen LogP contribution is -2.48. The molecule has 0 aromatic heterocycles. The van der Waals surface area contributed by atoms with E-state index in [2.05, 4.69) is 10.1 Å². The minimum Gasteiger partial charge on any atom is -0.435 e. The number of β-amino-alcohol motifs (C(OH)–C–C–N with tert-alkyl or cyclic N) is 1. The summed E-state index contributed by atoms with van der Waals surface area (Å²) in [5.74, 6) is -0.0163. The number of nitrogens with one attached hydrogen (secondary N) is 1. The largest absolute Gasteiger partial charge is 0.435 e. The van der Waals surface area contributed by atoms with Gasteiger partial charge in [0.05, 0.1) is 12.6 Å². The van der Waals surface area contributed by atoms with Crippen LogP contribution in [0.5, 0.6) is 5.75 Å². The number of carbonyl (C=O) groups is 1. The molecule has 1 aromatic rings. The minimum atomic E-state index is -2.86. The molecule has 1 heterocycles. The molecular weight excluding hydrogens is 270 g/mol. The zero-order chi connectivity index (χ0) is 14.5. The normalized spacial score (nSPS) is 17.9. The maximum atomic E-state index is 12.0. The highest BCUT2D eigenvalue weighted by molar-refractivity contribution is 5.78. The molecule has 0 bridgehead atoms. The van der Waals surface area contributed by atoms with E-state index in [1.165, 1.54) is 24.3 Å². The molecule has 0 radical (unpaired) electrons. The van der Waals surface area contributed by atoms with Crippen molar-refractivity contribution < 1.29 is 23.4 Å². The van der Waals surface area contributed by atoms with E-state index in [4.69, 9.17) is 0 Å². The van der Waals surface area contributed by atoms with E-state index >= 15 is 0 Å². The van der Waals surface area contributed by atoms with Crippen molar-refractivity contribution in [1.29, 1.82) is 0 Å². The number of benzene rings is 1. The number of alkyl halides is 2. The maximum absolute atomic E-state index is 12.0. The Kier molecular flexibility index (Phi) is 4.86. The molecule has 1 atom stereocenters. The van der Waals surface area contributed by atoms with Crippen LogP contribution in [0.4, 0.5) is 8.78 Å². The summed E-state index contributed by atoms with van der Waals surface area (Å²) < 4.78 is 28.3. The van der Waals surface area contributed by atoms with Crippen LogP contribution in [-0.4, -0.2) is 48.7 Å². The van der Waals surface area contributed by atoms with Crippen LogP contribution in [0.1, 0.15) is 11.7 Å². The first-order valence-corrected chi connectivity index (χ1v) is 6.26. The first kappa shape index (κ1) is 14.7. The number of nitrogens with zero attached hydrogens (tertiary/aromatic N) is 1. The highest BCUT2D eigenvalue weighted by Crippen LogP contribution is 2.20. The molecule has 1 saturated heterocycles. The van der Waals surface area contributed by atoms with Crippen molar-refractivity contribution in [2.24, 2.45) is 0 Å². The Bertz CT molecular complexity index is 453. The fourth-order valence-corrected chi connectivity index (χ4v) is 2.07. The predicted octanol–water partition coefficient (Wildman–Crippen LogP) is 0.753. The second-order valence-corrected chi connectivity index (χ2v) is 4.55. The Hall–Kier alpha value is -1.73. The number of ether oxygens (including phenoxy) is 1. The van der Waals surface area contributed by atoms with E-state index in [-0.39, 0.29) is 18.2 Å². The molecule has 110 valence electrons. The summed E-state index contributed by atoms with van der Waals surface area (Å²) in [5, 5.41) is 12.8. The zero-order valence-electron chi connectivity index (χ0n) is 10.8. The van der Waals surface area contributed by atoms with Gasteiger partial charge in [-0.2, -0.15) is 8.78 Å². The van der Waals surface area contributed by atoms with Crippen LogP contribution in [0.3, 0.4) is 0 Å². The van der Waals surface area contributed by atoms with E-state index in [0.29, 0.717) is 25.2 Å². The number of amides is 1. The first-order chi connectivity index (χ1) is 9.54. The number of aliphatic hydroxyl groups is 1. The summed E-state index contributed by atoms with van der Waals surface area (Å²) in [5.41, 5.74) is 0.595. The van der Waals surface area contributed by atoms with Gasteiger partial charge < -0.3 is 15.2 Å². The van der Waals surface area contributed by atoms with Crippen molar-refractivity contribution in [1.82, 2.24) is 10.2 Å². The van der Waals surface area contributed by atoms with Crippen molar-refractivity contribution in [2.75, 3.05) is 26.2 Å². The Morgan fingerprint density at radius 1 is 1.35 bits per heavy atom. The van der Waals surface area contributed by atoms with Crippen molar-refractivity contribution >= 4 is 5.91 Å². The highest BCUT2D eigenvalue weighted by atomic mass is 19.3. The number of piperazine rings is 1. The minimum absolute atomic E-state index is 0.0494. The van der Waals surface area contributed by atoms with Gasteiger partial charge in [-0.15, -0.1) is 0 Å². The van der Waals surface area contributed by atoms with Crippen LogP contribution >= 0.6 is 0 Å². The van der Waals surface area contributed by atoms with Gasteiger partial charge in [-0.05, 0) is 17.7 Å². The molecule has 0 spiro atoms. The number of rotatable bonds is 5. The SMILES string of the molecule is O=C1CN(CC(O)c2ccc(OC(F)F)cc2)CCN1. The molecule has 1 fully saturated rings. The fraction of sp³-hybridized carbons (Fsp3) is 0.462. The molecule has 20 heavy (non-hydrogen) atoms. The number of hydrogen-bond acceptors (Lipinski definition) is 4. The summed E-state index contributed by atoms with van der Waals surface area (Å²) in [4.78, 5) is 13.1. The van der Waals surface area contributed by atoms with Crippen molar-refractivity contribution in [3.05, 3.63) is 29.8 Å². The summed E-state index contributed by atoms with van der Waals surface area (Å²) in [7, 11) is 0. The molecule has 1 amide bonds. The Labute approximate surface area is 115 Å². The lowest BCUT2D eigenvalue weighted by atomic mass is 10.1. The molecule has 7 heteroatoms. The van der Waals surface area contributed by atoms with Gasteiger partial charge in [-0.3, -0.25) is 9.69 Å². The number of carbonyl (C=O) groups excluding carboxylic acids is 1. The van der Waals surface area contributed by atoms with Crippen LogP contribution in [0.2, 0.25) is 0 Å². The standard InChI is InChI=1S/C13H16F2N2O3/c14-13(15)20-10-3-1-9(2-4-10)11(18)7-17-6-5-16-12(19)8-17/h1-4,11,13,18H,5-8H2,(H,16,19). The van der Waals surface area contributed by atoms with Gasteiger partial charge in [0, 0.05) is 19.6 Å². The van der Waals surface area contributed by atoms with Crippen LogP contribution < -0.4 is 10.1 Å². The quantitative estimate of drug-likeness (QED) is 0.838. The molecule has 1 aliphatic rings. The predicted molar refractivity (Wildman–Crippen MR) is 67.5 cm³/mol. The van der Waals surface area contributed by atoms with Gasteiger partial charge in [0.25, 0.3) is 0 Å². The molecule has 2 N–H and O–H groups in total. The van der Waals surface area contributed by atoms with E-state index in [1.54, 1.807) is 0 Å². The molecule has 5 nitrogen and oxygen atoms in total. The lowest BCUT2D eigenvalue weighted by molar-refractivity contribution is -0.124. The van der Waals surface area contributed by atoms with E-state index in [0.717, 1.165) is 0 Å². The number of aliphatic hydroxyl groups excluding tert-OH is 1. The molecular formula is C13H16F2N2O3. The van der Waals surface area contributed by atoms with Gasteiger partial charge in [0.2, 0.25) is 5.91 Å². The fourth-order valence-electron chi connectivity index (χ4n) is 2.07. The second kappa shape index (κ2) is 6.62. The average molecular weight is 286 g/mol. The summed E-state index contributed by atoms with van der Waals surface area (Å²) >= 11 is 0. The van der Waals surface area contributed by atoms with Gasteiger partial charge >= 0.3 is 6.61 Å². The van der Waals surface area contributed by atoms with Crippen LogP contribution in [-0.2, 0) is 4.79 Å². The van der Waals surface area contributed by atoms with Crippen LogP contribution in [0, 0.1) is 0 Å². The number of halogens is 2. The molecule has 0 aliphatic carbocycles. The summed E-state index contributed by atoms with van der Waals surface area (Å²) in [6, 6.07) is 5.83. The molecule has 0 saturated carbocycles. The van der Waals surface area contributed by atoms with Gasteiger partial charge in [-0.25, -0.2) is 0 Å². The zero-order valence-corrected chi connectivity index (χ0v) is 10.8. The third-order valence-corrected chi connectivity index (χ3v) is 3.04. The highest BCUT2D eigenvalue weighted by Gasteiger charge is 2.19. The van der Waals surface area contributed by atoms with E-state index in [9.17, 15) is 18.7 Å². The first-order valence-electron chi connectivity index (χ1n) is 6.26. The molecule has 2 rings (SSSR count). The molecule has 1 unspecified atom stereocenters. The van der Waals surface area contributed by atoms with Gasteiger partial charge in [-0.1, -0.05) is 12.1 Å². The second-order valence-electron chi connectivity index (χ2n) is 4.55. The maximum Gasteiger partial charge on any atom is 0.387 e. The smallest absolute Gasteiger partial charge is 0.387 e. The topological polar surface area (TPSA) is 61.8 Å². The Morgan fingerprint density at radius 2 is 2.05 bits per heavy atom. The van der Waals surface area contributed by atoms with Crippen molar-refractivity contribution in [3.8, 4) is 5.75 Å². The molecule has 1 aliphatic heterocycles. The van der Waals surface area contributed by atoms with E-state index in [1.807, 2.05) is 4.90 Å². The third kappa shape index (κ3) is 4.14. The van der Waals surface area contributed by atoms with Crippen LogP contribution in [0.15, 0.2) is 24.3 Å². The van der Waals surface area contributed by atoms with Gasteiger partial charge in [0.15, 0.2) is 0 Å². The van der Waals surface area contributed by atoms with E-state index < -0.39 is 12.7 Å². The Morgan fingerprint density at radius 3 is 2.65 bits per heavy atom. The Balaban J connectivity index is 1.91. The molecule has 1 aromatic carbocycles. The van der Waals surface area contributed by atoms with Gasteiger partial charge in [0.1, 0.15) is 5.75 Å². The summed E-state index contributed by atoms with van der Waals surface area (Å²) in [6.07, 6.45) is -0.776. The number of hydrogen-bond donors (Lipinski definition) is 2. The average Bonchev–Trinajstić information content (AvgIpc) is 2.38. The third-order valence-electron chi connectivity index (χ3n) is 3.04. The van der Waals surface area contributed by atoms with Crippen LogP contribution in [0.25, 0.3) is 0 Å². The van der Waals surface area contributed by atoms with Crippen molar-refractivity contribution in [3.63, 3.8) is 0 Å².